The maximum Gasteiger partial charge on any atom is 0.329 e. The number of hydrogen-bond donors (Lipinski definition) is 2. The zero-order valence-electron chi connectivity index (χ0n) is 19.0. The van der Waals surface area contributed by atoms with Crippen LogP contribution in [0.4, 0.5) is 0 Å². The minimum atomic E-state index is -1.02. The van der Waals surface area contributed by atoms with Gasteiger partial charge >= 0.3 is 5.97 Å². The molecule has 0 saturated carbocycles. The summed E-state index contributed by atoms with van der Waals surface area (Å²) in [5, 5.41) is 4.98. The van der Waals surface area contributed by atoms with Crippen LogP contribution in [0, 0.1) is 0 Å². The van der Waals surface area contributed by atoms with Crippen molar-refractivity contribution in [3.05, 3.63) is 105 Å². The number of hydrogen-bond acceptors (Lipinski definition) is 6. The third kappa shape index (κ3) is 5.45. The molecular weight excluding hydrogens is 498 g/mol. The summed E-state index contributed by atoms with van der Waals surface area (Å²) in [7, 11) is 0. The third-order valence-corrected chi connectivity index (χ3v) is 7.37. The topological polar surface area (TPSA) is 101 Å². The molecule has 36 heavy (non-hydrogen) atoms. The predicted molar refractivity (Wildman–Crippen MR) is 143 cm³/mol. The van der Waals surface area contributed by atoms with Gasteiger partial charge in [-0.25, -0.2) is 4.79 Å². The Bertz CT molecular complexity index is 1460. The number of para-hydroxylation sites is 1. The van der Waals surface area contributed by atoms with Gasteiger partial charge in [-0.2, -0.15) is 0 Å². The van der Waals surface area contributed by atoms with E-state index in [2.05, 4.69) is 21.4 Å². The molecular formula is C27H22ClN3O4S. The van der Waals surface area contributed by atoms with E-state index < -0.39 is 17.9 Å². The SMILES string of the molecule is O=C(NC(Cc1cc(=O)[nH]c2ccccc12)C(=O)OCC1=NC2C=CC=CC2S1)c1ccc(Cl)cc1. The maximum absolute atomic E-state index is 13.2. The molecule has 2 N–H and O–H groups in total. The Balaban J connectivity index is 1.37. The zero-order chi connectivity index (χ0) is 25.1. The first-order chi connectivity index (χ1) is 17.5. The van der Waals surface area contributed by atoms with Gasteiger partial charge in [0.05, 0.1) is 11.3 Å². The van der Waals surface area contributed by atoms with Gasteiger partial charge in [0.25, 0.3) is 5.91 Å². The molecule has 0 saturated heterocycles. The number of nitrogens with zero attached hydrogens (tertiary/aromatic N) is 1. The molecule has 9 heteroatoms. The summed E-state index contributed by atoms with van der Waals surface area (Å²) in [5.74, 6) is -1.05. The Morgan fingerprint density at radius 2 is 1.89 bits per heavy atom. The number of aliphatic imine (C=N–C) groups is 1. The molecule has 3 atom stereocenters. The zero-order valence-corrected chi connectivity index (χ0v) is 20.6. The van der Waals surface area contributed by atoms with Crippen molar-refractivity contribution in [3.8, 4) is 0 Å². The van der Waals surface area contributed by atoms with Gasteiger partial charge in [0.1, 0.15) is 17.7 Å². The number of nitrogens with one attached hydrogen (secondary N) is 2. The lowest BCUT2D eigenvalue weighted by molar-refractivity contribution is -0.144. The first kappa shape index (κ1) is 24.1. The standard InChI is InChI=1S/C27H22ClN3O4S/c28-18-11-9-16(10-12-18)26(33)31-22(13-17-14-24(32)29-20-6-2-1-5-19(17)20)27(34)35-15-25-30-21-7-3-4-8-23(21)36-25/h1-12,14,21-23H,13,15H2,(H,29,32)(H,31,33). The van der Waals surface area contributed by atoms with Gasteiger partial charge in [-0.05, 0) is 35.9 Å². The number of carbonyl (C=O) groups excluding carboxylic acids is 2. The van der Waals surface area contributed by atoms with Gasteiger partial charge in [-0.15, -0.1) is 0 Å². The summed E-state index contributed by atoms with van der Waals surface area (Å²) in [6.07, 6.45) is 8.10. The Hall–Kier alpha value is -3.62. The van der Waals surface area contributed by atoms with Crippen molar-refractivity contribution in [1.82, 2.24) is 10.3 Å². The number of aromatic nitrogens is 1. The second-order valence-corrected chi connectivity index (χ2v) is 10.1. The number of amides is 1. The number of pyridine rings is 1. The van der Waals surface area contributed by atoms with Crippen molar-refractivity contribution in [2.75, 3.05) is 6.61 Å². The molecule has 1 amide bonds. The number of fused-ring (bicyclic) bond motifs is 2. The molecule has 2 aliphatic rings. The molecule has 0 spiro atoms. The quantitative estimate of drug-likeness (QED) is 0.458. The number of carbonyl (C=O) groups is 2. The van der Waals surface area contributed by atoms with Gasteiger partial charge in [0.15, 0.2) is 0 Å². The van der Waals surface area contributed by atoms with Crippen molar-refractivity contribution < 1.29 is 14.3 Å². The number of allylic oxidation sites excluding steroid dienone is 2. The molecule has 2 heterocycles. The van der Waals surface area contributed by atoms with Crippen LogP contribution in [0.2, 0.25) is 5.02 Å². The van der Waals surface area contributed by atoms with Crippen molar-refractivity contribution >= 4 is 51.2 Å². The first-order valence-electron chi connectivity index (χ1n) is 11.4. The molecule has 182 valence electrons. The minimum Gasteiger partial charge on any atom is -0.457 e. The predicted octanol–water partition coefficient (Wildman–Crippen LogP) is 4.07. The Morgan fingerprint density at radius 3 is 2.69 bits per heavy atom. The number of rotatable bonds is 7. The van der Waals surface area contributed by atoms with Crippen molar-refractivity contribution in [2.45, 2.75) is 23.8 Å². The lowest BCUT2D eigenvalue weighted by atomic mass is 10.0. The maximum atomic E-state index is 13.2. The van der Waals surface area contributed by atoms with Crippen molar-refractivity contribution in [2.24, 2.45) is 4.99 Å². The average Bonchev–Trinajstić information content (AvgIpc) is 3.30. The molecule has 1 aliphatic carbocycles. The molecule has 0 fully saturated rings. The molecule has 1 aliphatic heterocycles. The summed E-state index contributed by atoms with van der Waals surface area (Å²) >= 11 is 7.50. The molecule has 7 nitrogen and oxygen atoms in total. The number of ether oxygens (including phenoxy) is 1. The molecule has 2 aromatic carbocycles. The number of benzene rings is 2. The van der Waals surface area contributed by atoms with Gasteiger partial charge in [-0.3, -0.25) is 14.6 Å². The van der Waals surface area contributed by atoms with E-state index in [4.69, 9.17) is 16.3 Å². The highest BCUT2D eigenvalue weighted by molar-refractivity contribution is 8.15. The van der Waals surface area contributed by atoms with Crippen LogP contribution in [0.5, 0.6) is 0 Å². The van der Waals surface area contributed by atoms with Crippen LogP contribution >= 0.6 is 23.4 Å². The highest BCUT2D eigenvalue weighted by atomic mass is 35.5. The monoisotopic (exact) mass is 519 g/mol. The highest BCUT2D eigenvalue weighted by Crippen LogP contribution is 2.31. The Labute approximate surface area is 216 Å². The van der Waals surface area contributed by atoms with Crippen molar-refractivity contribution in [3.63, 3.8) is 0 Å². The minimum absolute atomic E-state index is 0.0155. The fourth-order valence-corrected chi connectivity index (χ4v) is 5.37. The first-order valence-corrected chi connectivity index (χ1v) is 12.6. The van der Waals surface area contributed by atoms with Gasteiger partial charge < -0.3 is 15.0 Å². The molecule has 3 aromatic rings. The summed E-state index contributed by atoms with van der Waals surface area (Å²) in [6, 6.07) is 14.1. The lowest BCUT2D eigenvalue weighted by Gasteiger charge is -2.19. The van der Waals surface area contributed by atoms with Gasteiger partial charge in [-0.1, -0.05) is 65.9 Å². The van der Waals surface area contributed by atoms with E-state index in [1.54, 1.807) is 42.1 Å². The van der Waals surface area contributed by atoms with Crippen LogP contribution < -0.4 is 10.9 Å². The van der Waals surface area contributed by atoms with Crippen LogP contribution in [0.3, 0.4) is 0 Å². The van der Waals surface area contributed by atoms with E-state index in [1.807, 2.05) is 36.4 Å². The van der Waals surface area contributed by atoms with Gasteiger partial charge in [0.2, 0.25) is 5.56 Å². The van der Waals surface area contributed by atoms with E-state index in [0.29, 0.717) is 21.7 Å². The molecule has 0 radical (unpaired) electrons. The molecule has 5 rings (SSSR count). The molecule has 0 bridgehead atoms. The lowest BCUT2D eigenvalue weighted by Crippen LogP contribution is -2.44. The Kier molecular flexibility index (Phi) is 7.06. The number of H-pyrrole nitrogens is 1. The van der Waals surface area contributed by atoms with Crippen LogP contribution in [-0.2, 0) is 16.0 Å². The van der Waals surface area contributed by atoms with Gasteiger partial charge in [0, 0.05) is 34.0 Å². The summed E-state index contributed by atoms with van der Waals surface area (Å²) in [5.41, 5.74) is 1.34. The fourth-order valence-electron chi connectivity index (χ4n) is 4.16. The largest absolute Gasteiger partial charge is 0.457 e. The van der Waals surface area contributed by atoms with Crippen LogP contribution in [0.25, 0.3) is 10.9 Å². The van der Waals surface area contributed by atoms with E-state index in [0.717, 1.165) is 10.4 Å². The van der Waals surface area contributed by atoms with Crippen LogP contribution in [0.1, 0.15) is 15.9 Å². The van der Waals surface area contributed by atoms with Crippen LogP contribution in [-0.4, -0.2) is 45.8 Å². The summed E-state index contributed by atoms with van der Waals surface area (Å²) in [6.45, 7) is 0.0155. The highest BCUT2D eigenvalue weighted by Gasteiger charge is 2.30. The smallest absolute Gasteiger partial charge is 0.329 e. The van der Waals surface area contributed by atoms with E-state index in [-0.39, 0.29) is 29.9 Å². The number of thioether (sulfide) groups is 1. The second-order valence-electron chi connectivity index (χ2n) is 8.41. The third-order valence-electron chi connectivity index (χ3n) is 5.92. The number of aromatic amines is 1. The Morgan fingerprint density at radius 1 is 1.11 bits per heavy atom. The van der Waals surface area contributed by atoms with E-state index >= 15 is 0 Å². The van der Waals surface area contributed by atoms with Crippen molar-refractivity contribution in [1.29, 1.82) is 0 Å². The summed E-state index contributed by atoms with van der Waals surface area (Å²) in [4.78, 5) is 45.8. The average molecular weight is 520 g/mol. The summed E-state index contributed by atoms with van der Waals surface area (Å²) < 4.78 is 5.60. The normalized spacial score (nSPS) is 19.0. The van der Waals surface area contributed by atoms with Crippen LogP contribution in [0.15, 0.2) is 88.7 Å². The number of esters is 1. The number of halogens is 1. The molecule has 1 aromatic heterocycles. The van der Waals surface area contributed by atoms with E-state index in [9.17, 15) is 14.4 Å². The fraction of sp³-hybridized carbons (Fsp3) is 0.185. The molecule has 3 unspecified atom stereocenters. The van der Waals surface area contributed by atoms with E-state index in [1.165, 1.54) is 6.07 Å². The second kappa shape index (κ2) is 10.6.